The number of ketones is 1. The van der Waals surface area contributed by atoms with Gasteiger partial charge in [-0.1, -0.05) is 6.08 Å². The number of aliphatic hydroxyl groups excluding tert-OH is 1. The van der Waals surface area contributed by atoms with E-state index in [1.165, 1.54) is 6.08 Å². The minimum Gasteiger partial charge on any atom is -0.383 e. The first-order valence-electron chi connectivity index (χ1n) is 4.82. The van der Waals surface area contributed by atoms with Gasteiger partial charge < -0.3 is 10.2 Å². The first kappa shape index (κ1) is 14.0. The smallest absolute Gasteiger partial charge is 0.265 e. The van der Waals surface area contributed by atoms with Gasteiger partial charge in [-0.15, -0.1) is 6.58 Å². The molecular weight excluding hydrogens is 248 g/mol. The summed E-state index contributed by atoms with van der Waals surface area (Å²) >= 11 is 0. The Kier molecular flexibility index (Phi) is 3.88. The summed E-state index contributed by atoms with van der Waals surface area (Å²) in [6.45, 7) is 3.38. The zero-order valence-electron chi connectivity index (χ0n) is 9.24. The summed E-state index contributed by atoms with van der Waals surface area (Å²) in [5.41, 5.74) is -2.02. The van der Waals surface area contributed by atoms with E-state index in [0.29, 0.717) is 0 Å². The van der Waals surface area contributed by atoms with E-state index >= 15 is 0 Å². The van der Waals surface area contributed by atoms with E-state index < -0.39 is 33.7 Å². The van der Waals surface area contributed by atoms with E-state index in [0.717, 1.165) is 18.4 Å². The third-order valence-electron chi connectivity index (χ3n) is 2.42. The highest BCUT2D eigenvalue weighted by Gasteiger charge is 2.48. The van der Waals surface area contributed by atoms with E-state index in [4.69, 9.17) is 0 Å². The van der Waals surface area contributed by atoms with Crippen molar-refractivity contribution in [2.45, 2.75) is 24.2 Å². The van der Waals surface area contributed by atoms with Gasteiger partial charge in [-0.05, 0) is 18.6 Å². The molecule has 17 heavy (non-hydrogen) atoms. The Bertz CT molecular complexity index is 451. The molecule has 0 aromatic carbocycles. The van der Waals surface area contributed by atoms with Crippen LogP contribution in [0.5, 0.6) is 0 Å². The molecule has 0 amide bonds. The Balaban J connectivity index is 3.12. The van der Waals surface area contributed by atoms with Crippen LogP contribution in [0.25, 0.3) is 0 Å². The standard InChI is InChI=1S/C10H14O6S/c1-3-6-10(13)8(16-17(2,14)15)5-4-7(11)9(10)12/h3-5,8-9,12-13H,1,6H2,2H3/t8-,9-,10+/m0/s1. The first-order valence-corrected chi connectivity index (χ1v) is 6.64. The zero-order chi connectivity index (χ0) is 13.3. The second-order valence-electron chi connectivity index (χ2n) is 3.87. The summed E-state index contributed by atoms with van der Waals surface area (Å²) < 4.78 is 26.7. The molecule has 0 spiro atoms. The summed E-state index contributed by atoms with van der Waals surface area (Å²) in [4.78, 5) is 11.3. The quantitative estimate of drug-likeness (QED) is 0.505. The van der Waals surface area contributed by atoms with Crippen LogP contribution in [-0.4, -0.2) is 48.5 Å². The summed E-state index contributed by atoms with van der Waals surface area (Å²) in [6, 6.07) is 0. The Morgan fingerprint density at radius 2 is 2.24 bits per heavy atom. The van der Waals surface area contributed by atoms with Crippen LogP contribution in [0.1, 0.15) is 6.42 Å². The molecule has 0 saturated carbocycles. The van der Waals surface area contributed by atoms with Gasteiger partial charge in [0.1, 0.15) is 17.8 Å². The summed E-state index contributed by atoms with van der Waals surface area (Å²) in [6.07, 6.45) is 0.953. The van der Waals surface area contributed by atoms with Gasteiger partial charge in [-0.3, -0.25) is 8.98 Å². The molecule has 96 valence electrons. The van der Waals surface area contributed by atoms with Gasteiger partial charge in [-0.2, -0.15) is 8.42 Å². The fraction of sp³-hybridized carbons (Fsp3) is 0.500. The van der Waals surface area contributed by atoms with Gasteiger partial charge in [0, 0.05) is 0 Å². The Morgan fingerprint density at radius 3 is 2.71 bits per heavy atom. The summed E-state index contributed by atoms with van der Waals surface area (Å²) in [7, 11) is -3.82. The summed E-state index contributed by atoms with van der Waals surface area (Å²) in [5.74, 6) is -0.706. The molecule has 1 aliphatic carbocycles. The lowest BCUT2D eigenvalue weighted by molar-refractivity contribution is -0.153. The molecule has 7 heteroatoms. The Morgan fingerprint density at radius 1 is 1.65 bits per heavy atom. The monoisotopic (exact) mass is 262 g/mol. The molecule has 1 aliphatic rings. The van der Waals surface area contributed by atoms with Crippen LogP contribution in [0.4, 0.5) is 0 Å². The normalized spacial score (nSPS) is 33.7. The zero-order valence-corrected chi connectivity index (χ0v) is 10.1. The number of carbonyl (C=O) groups excluding carboxylic acids is 1. The maximum absolute atomic E-state index is 11.3. The molecule has 3 atom stereocenters. The molecule has 0 saturated heterocycles. The molecule has 6 nitrogen and oxygen atoms in total. The van der Waals surface area contributed by atoms with Crippen molar-refractivity contribution in [2.24, 2.45) is 0 Å². The van der Waals surface area contributed by atoms with Gasteiger partial charge in [0.05, 0.1) is 6.26 Å². The molecule has 0 heterocycles. The molecule has 0 bridgehead atoms. The topological polar surface area (TPSA) is 101 Å². The van der Waals surface area contributed by atoms with Gasteiger partial charge in [0.25, 0.3) is 10.1 Å². The number of rotatable bonds is 4. The van der Waals surface area contributed by atoms with Crippen LogP contribution in [0, 0.1) is 0 Å². The van der Waals surface area contributed by atoms with Gasteiger partial charge in [-0.25, -0.2) is 0 Å². The molecule has 0 radical (unpaired) electrons. The molecule has 0 unspecified atom stereocenters. The largest absolute Gasteiger partial charge is 0.383 e. The van der Waals surface area contributed by atoms with E-state index in [1.807, 2.05) is 0 Å². The van der Waals surface area contributed by atoms with E-state index in [1.54, 1.807) is 0 Å². The van der Waals surface area contributed by atoms with Crippen LogP contribution >= 0.6 is 0 Å². The highest BCUT2D eigenvalue weighted by Crippen LogP contribution is 2.29. The highest BCUT2D eigenvalue weighted by molar-refractivity contribution is 7.86. The maximum Gasteiger partial charge on any atom is 0.265 e. The fourth-order valence-electron chi connectivity index (χ4n) is 1.60. The van der Waals surface area contributed by atoms with Crippen molar-refractivity contribution < 1.29 is 27.6 Å². The molecule has 0 fully saturated rings. The first-order chi connectivity index (χ1) is 7.70. The lowest BCUT2D eigenvalue weighted by atomic mass is 9.81. The third-order valence-corrected chi connectivity index (χ3v) is 2.98. The van der Waals surface area contributed by atoms with E-state index in [2.05, 4.69) is 10.8 Å². The summed E-state index contributed by atoms with van der Waals surface area (Å²) in [5, 5.41) is 19.8. The van der Waals surface area contributed by atoms with Crippen LogP contribution in [0.2, 0.25) is 0 Å². The Labute approximate surface area is 99.3 Å². The van der Waals surface area contributed by atoms with E-state index in [9.17, 15) is 23.4 Å². The molecular formula is C10H14O6S. The molecule has 0 aromatic rings. The SMILES string of the molecule is C=CC[C@@]1(O)[C@@H](OS(C)(=O)=O)C=CC(=O)[C@@H]1O. The minimum absolute atomic E-state index is 0.176. The van der Waals surface area contributed by atoms with Crippen LogP contribution in [0.15, 0.2) is 24.8 Å². The van der Waals surface area contributed by atoms with Crippen molar-refractivity contribution >= 4 is 15.9 Å². The number of hydrogen-bond donors (Lipinski definition) is 2. The average molecular weight is 262 g/mol. The van der Waals surface area contributed by atoms with Gasteiger partial charge in [0.2, 0.25) is 0 Å². The predicted octanol–water partition coefficient (Wildman–Crippen LogP) is -0.862. The predicted molar refractivity (Wildman–Crippen MR) is 59.6 cm³/mol. The van der Waals surface area contributed by atoms with Crippen molar-refractivity contribution in [1.29, 1.82) is 0 Å². The number of carbonyl (C=O) groups is 1. The number of aliphatic hydroxyl groups is 2. The molecule has 2 N–H and O–H groups in total. The van der Waals surface area contributed by atoms with Gasteiger partial charge >= 0.3 is 0 Å². The van der Waals surface area contributed by atoms with Crippen molar-refractivity contribution in [1.82, 2.24) is 0 Å². The lowest BCUT2D eigenvalue weighted by Gasteiger charge is -2.38. The van der Waals surface area contributed by atoms with Crippen molar-refractivity contribution in [3.05, 3.63) is 24.8 Å². The minimum atomic E-state index is -3.82. The second-order valence-corrected chi connectivity index (χ2v) is 5.47. The fourth-order valence-corrected chi connectivity index (χ4v) is 2.21. The second kappa shape index (κ2) is 4.69. The number of hydrogen-bond acceptors (Lipinski definition) is 6. The van der Waals surface area contributed by atoms with Crippen molar-refractivity contribution in [3.8, 4) is 0 Å². The van der Waals surface area contributed by atoms with E-state index in [-0.39, 0.29) is 6.42 Å². The maximum atomic E-state index is 11.3. The molecule has 0 aliphatic heterocycles. The highest BCUT2D eigenvalue weighted by atomic mass is 32.2. The Hall–Kier alpha value is -1.02. The average Bonchev–Trinajstić information content (AvgIpc) is 2.19. The lowest BCUT2D eigenvalue weighted by Crippen LogP contribution is -2.57. The molecule has 1 rings (SSSR count). The van der Waals surface area contributed by atoms with Crippen molar-refractivity contribution in [2.75, 3.05) is 6.26 Å². The van der Waals surface area contributed by atoms with Gasteiger partial charge in [0.15, 0.2) is 5.78 Å². The van der Waals surface area contributed by atoms with Crippen LogP contribution in [-0.2, 0) is 19.1 Å². The van der Waals surface area contributed by atoms with Crippen molar-refractivity contribution in [3.63, 3.8) is 0 Å². The molecule has 0 aromatic heterocycles. The van der Waals surface area contributed by atoms with Crippen LogP contribution < -0.4 is 0 Å². The van der Waals surface area contributed by atoms with Crippen LogP contribution in [0.3, 0.4) is 0 Å². The third kappa shape index (κ3) is 3.01.